The molecule has 192 valence electrons. The zero-order valence-electron chi connectivity index (χ0n) is 19.6. The second-order valence-electron chi connectivity index (χ2n) is 7.46. The number of amides is 1. The summed E-state index contributed by atoms with van der Waals surface area (Å²) in [6.07, 6.45) is -6.86. The molecular formula is C20H29NO13. The zero-order chi connectivity index (χ0) is 26.2. The van der Waals surface area contributed by atoms with Gasteiger partial charge in [0.2, 0.25) is 5.91 Å². The molecule has 6 unspecified atom stereocenters. The van der Waals surface area contributed by atoms with E-state index in [0.717, 1.165) is 41.7 Å². The Kier molecular flexibility index (Phi) is 10.4. The van der Waals surface area contributed by atoms with Crippen LogP contribution >= 0.6 is 0 Å². The molecule has 0 bridgehead atoms. The fourth-order valence-electron chi connectivity index (χ4n) is 3.41. The maximum atomic E-state index is 12.3. The molecule has 1 fully saturated rings. The van der Waals surface area contributed by atoms with E-state index in [4.69, 9.17) is 23.7 Å². The number of nitrogens with one attached hydrogen (secondary N) is 1. The van der Waals surface area contributed by atoms with Crippen LogP contribution in [-0.4, -0.2) is 90.8 Å². The molecule has 0 radical (unpaired) electrons. The maximum absolute atomic E-state index is 12.3. The van der Waals surface area contributed by atoms with E-state index in [2.05, 4.69) is 10.1 Å². The molecule has 1 saturated heterocycles. The first-order chi connectivity index (χ1) is 15.7. The molecule has 0 aromatic rings. The first-order valence-electron chi connectivity index (χ1n) is 10.1. The van der Waals surface area contributed by atoms with Crippen LogP contribution in [0, 0.1) is 0 Å². The number of carbonyl (C=O) groups is 6. The summed E-state index contributed by atoms with van der Waals surface area (Å²) in [5, 5.41) is 13.3. The summed E-state index contributed by atoms with van der Waals surface area (Å²) in [6, 6.07) is -1.31. The lowest BCUT2D eigenvalue weighted by Crippen LogP contribution is -2.68. The standard InChI is InChI=1S/C20H29NO13/c1-9(22)21-16-14(31-11(3)24)7-20(28,19(27)29-6)34-18(16)17(33-13(5)26)15(32-12(4)25)8-30-10(2)23/h14-18,28H,7-8H2,1-6H3,(H,21,22). The van der Waals surface area contributed by atoms with Crippen molar-refractivity contribution in [1.82, 2.24) is 5.32 Å². The molecule has 1 amide bonds. The zero-order valence-corrected chi connectivity index (χ0v) is 19.6. The van der Waals surface area contributed by atoms with E-state index in [1.54, 1.807) is 0 Å². The van der Waals surface area contributed by atoms with E-state index < -0.39 is 85.0 Å². The van der Waals surface area contributed by atoms with Crippen LogP contribution in [0.2, 0.25) is 0 Å². The average molecular weight is 491 g/mol. The summed E-state index contributed by atoms with van der Waals surface area (Å²) in [5.74, 6) is -7.98. The Hall–Kier alpha value is -3.26. The van der Waals surface area contributed by atoms with Crippen molar-refractivity contribution >= 4 is 35.8 Å². The summed E-state index contributed by atoms with van der Waals surface area (Å²) in [5.41, 5.74) is 0. The maximum Gasteiger partial charge on any atom is 0.366 e. The van der Waals surface area contributed by atoms with Crippen molar-refractivity contribution in [2.75, 3.05) is 13.7 Å². The first kappa shape index (κ1) is 28.8. The third kappa shape index (κ3) is 8.26. The average Bonchev–Trinajstić information content (AvgIpc) is 2.69. The number of hydrogen-bond donors (Lipinski definition) is 2. The van der Waals surface area contributed by atoms with E-state index in [9.17, 15) is 33.9 Å². The number of aliphatic hydroxyl groups is 1. The monoisotopic (exact) mass is 491 g/mol. The lowest BCUT2D eigenvalue weighted by atomic mass is 9.88. The topological polar surface area (TPSA) is 190 Å². The van der Waals surface area contributed by atoms with Crippen LogP contribution in [-0.2, 0) is 57.2 Å². The molecule has 1 aliphatic rings. The van der Waals surface area contributed by atoms with E-state index >= 15 is 0 Å². The van der Waals surface area contributed by atoms with Crippen LogP contribution in [0.3, 0.4) is 0 Å². The van der Waals surface area contributed by atoms with Gasteiger partial charge in [-0.25, -0.2) is 4.79 Å². The second-order valence-corrected chi connectivity index (χ2v) is 7.46. The van der Waals surface area contributed by atoms with Gasteiger partial charge in [-0.15, -0.1) is 0 Å². The van der Waals surface area contributed by atoms with Gasteiger partial charge in [0.25, 0.3) is 5.79 Å². The molecular weight excluding hydrogens is 462 g/mol. The van der Waals surface area contributed by atoms with Gasteiger partial charge in [-0.2, -0.15) is 0 Å². The molecule has 0 aromatic heterocycles. The van der Waals surface area contributed by atoms with Gasteiger partial charge >= 0.3 is 29.8 Å². The van der Waals surface area contributed by atoms with Gasteiger partial charge in [0.15, 0.2) is 12.2 Å². The normalized spacial score (nSPS) is 25.7. The minimum Gasteiger partial charge on any atom is -0.465 e. The molecule has 1 heterocycles. The Labute approximate surface area is 195 Å². The first-order valence-corrected chi connectivity index (χ1v) is 10.1. The summed E-state index contributed by atoms with van der Waals surface area (Å²) < 4.78 is 30.6. The molecule has 14 nitrogen and oxygen atoms in total. The fourth-order valence-corrected chi connectivity index (χ4v) is 3.41. The summed E-state index contributed by atoms with van der Waals surface area (Å²) in [4.78, 5) is 70.9. The largest absolute Gasteiger partial charge is 0.465 e. The SMILES string of the molecule is COC(=O)C1(O)CC(OC(C)=O)C(NC(C)=O)C(C(OC(C)=O)C(COC(C)=O)OC(C)=O)O1. The molecule has 14 heteroatoms. The molecule has 1 aliphatic heterocycles. The minimum absolute atomic E-state index is 0.617. The lowest BCUT2D eigenvalue weighted by molar-refractivity contribution is -0.299. The highest BCUT2D eigenvalue weighted by atomic mass is 16.7. The van der Waals surface area contributed by atoms with Crippen molar-refractivity contribution in [3.05, 3.63) is 0 Å². The van der Waals surface area contributed by atoms with Crippen LogP contribution < -0.4 is 5.32 Å². The smallest absolute Gasteiger partial charge is 0.366 e. The molecule has 6 atom stereocenters. The number of rotatable bonds is 9. The van der Waals surface area contributed by atoms with Crippen molar-refractivity contribution < 1.29 is 62.3 Å². The number of methoxy groups -OCH3 is 1. The van der Waals surface area contributed by atoms with E-state index in [1.807, 2.05) is 0 Å². The van der Waals surface area contributed by atoms with E-state index in [1.165, 1.54) is 0 Å². The Morgan fingerprint density at radius 1 is 0.971 bits per heavy atom. The summed E-state index contributed by atoms with van der Waals surface area (Å²) in [7, 11) is 0.964. The van der Waals surface area contributed by atoms with E-state index in [0.29, 0.717) is 0 Å². The molecule has 2 N–H and O–H groups in total. The van der Waals surface area contributed by atoms with Crippen LogP contribution in [0.25, 0.3) is 0 Å². The highest BCUT2D eigenvalue weighted by Gasteiger charge is 2.57. The number of carbonyl (C=O) groups excluding carboxylic acids is 6. The predicted octanol–water partition coefficient (Wildman–Crippen LogP) is -1.50. The predicted molar refractivity (Wildman–Crippen MR) is 107 cm³/mol. The number of hydrogen-bond acceptors (Lipinski definition) is 13. The highest BCUT2D eigenvalue weighted by Crippen LogP contribution is 2.34. The fraction of sp³-hybridized carbons (Fsp3) is 0.700. The molecule has 1 rings (SSSR count). The summed E-state index contributed by atoms with van der Waals surface area (Å²) in [6.45, 7) is 4.69. The molecule has 0 aliphatic carbocycles. The molecule has 0 spiro atoms. The molecule has 0 saturated carbocycles. The minimum atomic E-state index is -2.71. The van der Waals surface area contributed by atoms with Crippen LogP contribution in [0.15, 0.2) is 0 Å². The van der Waals surface area contributed by atoms with Gasteiger partial charge in [-0.1, -0.05) is 0 Å². The highest BCUT2D eigenvalue weighted by molar-refractivity contribution is 5.78. The number of esters is 5. The van der Waals surface area contributed by atoms with Gasteiger partial charge in [-0.3, -0.25) is 24.0 Å². The van der Waals surface area contributed by atoms with E-state index in [-0.39, 0.29) is 0 Å². The van der Waals surface area contributed by atoms with Crippen molar-refractivity contribution in [3.8, 4) is 0 Å². The van der Waals surface area contributed by atoms with Crippen LogP contribution in [0.1, 0.15) is 41.0 Å². The van der Waals surface area contributed by atoms with Gasteiger partial charge in [0.05, 0.1) is 19.6 Å². The van der Waals surface area contributed by atoms with Gasteiger partial charge < -0.3 is 38.8 Å². The molecule has 0 aromatic carbocycles. The van der Waals surface area contributed by atoms with Crippen molar-refractivity contribution in [1.29, 1.82) is 0 Å². The van der Waals surface area contributed by atoms with Crippen molar-refractivity contribution in [2.45, 2.75) is 77.3 Å². The quantitative estimate of drug-likeness (QED) is 0.280. The second kappa shape index (κ2) is 12.3. The van der Waals surface area contributed by atoms with Crippen molar-refractivity contribution in [3.63, 3.8) is 0 Å². The third-order valence-electron chi connectivity index (χ3n) is 4.52. The molecule has 34 heavy (non-hydrogen) atoms. The van der Waals surface area contributed by atoms with Gasteiger partial charge in [-0.05, 0) is 0 Å². The Morgan fingerprint density at radius 3 is 2.00 bits per heavy atom. The Morgan fingerprint density at radius 2 is 1.56 bits per heavy atom. The lowest BCUT2D eigenvalue weighted by Gasteiger charge is -2.46. The van der Waals surface area contributed by atoms with Gasteiger partial charge in [0, 0.05) is 34.6 Å². The van der Waals surface area contributed by atoms with Crippen LogP contribution in [0.5, 0.6) is 0 Å². The summed E-state index contributed by atoms with van der Waals surface area (Å²) >= 11 is 0. The Balaban J connectivity index is 3.64. The Bertz CT molecular complexity index is 812. The van der Waals surface area contributed by atoms with Crippen molar-refractivity contribution in [2.24, 2.45) is 0 Å². The van der Waals surface area contributed by atoms with Crippen LogP contribution in [0.4, 0.5) is 0 Å². The number of ether oxygens (including phenoxy) is 6. The van der Waals surface area contributed by atoms with Gasteiger partial charge in [0.1, 0.15) is 18.8 Å². The third-order valence-corrected chi connectivity index (χ3v) is 4.52.